The first-order chi connectivity index (χ1) is 12.7. The first-order valence-electron chi connectivity index (χ1n) is 8.69. The minimum atomic E-state index is -4.42. The van der Waals surface area contributed by atoms with Crippen molar-refractivity contribution in [3.8, 4) is 0 Å². The van der Waals surface area contributed by atoms with Crippen molar-refractivity contribution in [3.63, 3.8) is 0 Å². The van der Waals surface area contributed by atoms with E-state index in [1.807, 2.05) is 13.8 Å². The Hall–Kier alpha value is -2.04. The van der Waals surface area contributed by atoms with Gasteiger partial charge in [0, 0.05) is 31.9 Å². The Balaban J connectivity index is 2.44. The molecule has 1 heterocycles. The number of aliphatic imine (C=N–C) groups is 1. The van der Waals surface area contributed by atoms with E-state index in [-0.39, 0.29) is 0 Å². The predicted molar refractivity (Wildman–Crippen MR) is 104 cm³/mol. The number of ether oxygens (including phenoxy) is 1. The molecule has 1 amide bonds. The molecule has 0 unspecified atom stereocenters. The number of carbonyl (C=O) groups is 1. The van der Waals surface area contributed by atoms with Gasteiger partial charge in [0.15, 0.2) is 11.7 Å². The van der Waals surface area contributed by atoms with E-state index in [2.05, 4.69) is 25.9 Å². The number of rotatable bonds is 6. The highest BCUT2D eigenvalue weighted by atomic mass is 32.1. The second kappa shape index (κ2) is 9.44. The number of halogens is 3. The number of alkyl carbamates (subject to hydrolysis) is 1. The molecule has 0 spiro atoms. The molecule has 0 atom stereocenters. The number of nitrogens with zero attached hydrogens (tertiary/aromatic N) is 2. The van der Waals surface area contributed by atoms with Gasteiger partial charge in [-0.25, -0.2) is 9.78 Å². The molecule has 0 aliphatic rings. The molecule has 0 aliphatic heterocycles. The van der Waals surface area contributed by atoms with Crippen LogP contribution in [0.5, 0.6) is 0 Å². The van der Waals surface area contributed by atoms with Crippen LogP contribution < -0.4 is 16.0 Å². The van der Waals surface area contributed by atoms with Gasteiger partial charge < -0.3 is 20.7 Å². The lowest BCUT2D eigenvalue weighted by Crippen LogP contribution is -2.54. The van der Waals surface area contributed by atoms with Gasteiger partial charge in [0.05, 0.1) is 10.5 Å². The summed E-state index contributed by atoms with van der Waals surface area (Å²) in [5.41, 5.74) is -2.07. The number of thiazole rings is 1. The lowest BCUT2D eigenvalue weighted by atomic mass is 10.1. The highest BCUT2D eigenvalue weighted by molar-refractivity contribution is 7.09. The van der Waals surface area contributed by atoms with Crippen LogP contribution in [0.2, 0.25) is 0 Å². The molecule has 7 nitrogen and oxygen atoms in total. The van der Waals surface area contributed by atoms with Crippen molar-refractivity contribution in [2.45, 2.75) is 58.4 Å². The molecule has 160 valence electrons. The molecule has 3 N–H and O–H groups in total. The molecule has 0 saturated heterocycles. The zero-order valence-electron chi connectivity index (χ0n) is 17.0. The van der Waals surface area contributed by atoms with Crippen molar-refractivity contribution in [2.24, 2.45) is 4.99 Å². The van der Waals surface area contributed by atoms with Gasteiger partial charge in [0.25, 0.3) is 0 Å². The lowest BCUT2D eigenvalue weighted by Gasteiger charge is -2.29. The third-order valence-corrected chi connectivity index (χ3v) is 4.14. The van der Waals surface area contributed by atoms with Gasteiger partial charge >= 0.3 is 12.3 Å². The number of nitrogens with one attached hydrogen (secondary N) is 3. The third-order valence-electron chi connectivity index (χ3n) is 3.23. The Morgan fingerprint density at radius 2 is 1.86 bits per heavy atom. The van der Waals surface area contributed by atoms with Crippen LogP contribution in [0.15, 0.2) is 10.4 Å². The van der Waals surface area contributed by atoms with E-state index in [9.17, 15) is 18.0 Å². The third kappa shape index (κ3) is 9.25. The van der Waals surface area contributed by atoms with E-state index in [1.54, 1.807) is 27.8 Å². The van der Waals surface area contributed by atoms with Gasteiger partial charge in [-0.1, -0.05) is 0 Å². The summed E-state index contributed by atoms with van der Waals surface area (Å²) in [6.45, 7) is 9.72. The fourth-order valence-electron chi connectivity index (χ4n) is 1.99. The first kappa shape index (κ1) is 24.0. The van der Waals surface area contributed by atoms with Gasteiger partial charge in [-0.05, 0) is 34.6 Å². The highest BCUT2D eigenvalue weighted by Crippen LogP contribution is 2.29. The fraction of sp³-hybridized carbons (Fsp3) is 0.706. The predicted octanol–water partition coefficient (Wildman–Crippen LogP) is 3.17. The number of alkyl halides is 3. The molecule has 1 aromatic rings. The smallest absolute Gasteiger partial charge is 0.434 e. The summed E-state index contributed by atoms with van der Waals surface area (Å²) in [6, 6.07) is 0. The summed E-state index contributed by atoms with van der Waals surface area (Å²) in [5, 5.41) is 10.2. The number of aromatic nitrogens is 1. The van der Waals surface area contributed by atoms with Crippen molar-refractivity contribution >= 4 is 23.4 Å². The number of hydrogen-bond acceptors (Lipinski definition) is 5. The average molecular weight is 424 g/mol. The van der Waals surface area contributed by atoms with Crippen LogP contribution in [0.3, 0.4) is 0 Å². The number of amides is 1. The summed E-state index contributed by atoms with van der Waals surface area (Å²) in [7, 11) is 1.58. The van der Waals surface area contributed by atoms with Gasteiger partial charge in [-0.15, -0.1) is 11.3 Å². The molecule has 0 fully saturated rings. The second-order valence-corrected chi connectivity index (χ2v) is 8.68. The average Bonchev–Trinajstić information content (AvgIpc) is 2.97. The van der Waals surface area contributed by atoms with Crippen LogP contribution in [0.1, 0.15) is 45.3 Å². The molecular formula is C17H28F3N5O2S. The van der Waals surface area contributed by atoms with Crippen LogP contribution >= 0.6 is 11.3 Å². The van der Waals surface area contributed by atoms with E-state index in [1.165, 1.54) is 0 Å². The Morgan fingerprint density at radius 3 is 2.36 bits per heavy atom. The maximum Gasteiger partial charge on any atom is 0.434 e. The molecule has 1 rings (SSSR count). The largest absolute Gasteiger partial charge is 0.444 e. The second-order valence-electron chi connectivity index (χ2n) is 7.74. The summed E-state index contributed by atoms with van der Waals surface area (Å²) in [4.78, 5) is 19.5. The van der Waals surface area contributed by atoms with Gasteiger partial charge in [0.2, 0.25) is 0 Å². The number of guanidine groups is 1. The van der Waals surface area contributed by atoms with Crippen LogP contribution in [0.4, 0.5) is 18.0 Å². The zero-order chi connectivity index (χ0) is 21.6. The van der Waals surface area contributed by atoms with Crippen molar-refractivity contribution in [2.75, 3.05) is 20.1 Å². The molecule has 0 saturated carbocycles. The number of carbonyl (C=O) groups excluding carboxylic acids is 1. The molecule has 28 heavy (non-hydrogen) atoms. The topological polar surface area (TPSA) is 87.6 Å². The lowest BCUT2D eigenvalue weighted by molar-refractivity contribution is -0.140. The molecular weight excluding hydrogens is 395 g/mol. The van der Waals surface area contributed by atoms with Crippen molar-refractivity contribution < 1.29 is 22.7 Å². The Labute approximate surface area is 167 Å². The summed E-state index contributed by atoms with van der Waals surface area (Å²) in [6.07, 6.45) is -4.61. The van der Waals surface area contributed by atoms with Gasteiger partial charge in [0.1, 0.15) is 5.60 Å². The summed E-state index contributed by atoms with van der Waals surface area (Å²) < 4.78 is 42.9. The Kier molecular flexibility index (Phi) is 8.09. The zero-order valence-corrected chi connectivity index (χ0v) is 17.8. The van der Waals surface area contributed by atoms with Crippen molar-refractivity contribution in [1.82, 2.24) is 20.9 Å². The van der Waals surface area contributed by atoms with Crippen LogP contribution in [0.25, 0.3) is 0 Å². The SMILES string of the molecule is CN=C(NCCc1nc(C(F)(F)F)cs1)NCC(C)(C)NC(=O)OC(C)(C)C. The minimum Gasteiger partial charge on any atom is -0.444 e. The maximum absolute atomic E-state index is 12.6. The molecule has 0 radical (unpaired) electrons. The normalized spacial score (nSPS) is 13.2. The van der Waals surface area contributed by atoms with E-state index in [0.717, 1.165) is 16.7 Å². The van der Waals surface area contributed by atoms with E-state index < -0.39 is 29.1 Å². The van der Waals surface area contributed by atoms with E-state index in [4.69, 9.17) is 4.74 Å². The van der Waals surface area contributed by atoms with Crippen LogP contribution in [-0.4, -0.2) is 48.3 Å². The first-order valence-corrected chi connectivity index (χ1v) is 9.57. The van der Waals surface area contributed by atoms with Crippen LogP contribution in [-0.2, 0) is 17.3 Å². The van der Waals surface area contributed by atoms with Crippen molar-refractivity contribution in [3.05, 3.63) is 16.1 Å². The minimum absolute atomic E-state index is 0.334. The van der Waals surface area contributed by atoms with Crippen molar-refractivity contribution in [1.29, 1.82) is 0 Å². The molecule has 0 aliphatic carbocycles. The molecule has 0 aromatic carbocycles. The molecule has 1 aromatic heterocycles. The summed E-state index contributed by atoms with van der Waals surface area (Å²) in [5.74, 6) is 0.465. The summed E-state index contributed by atoms with van der Waals surface area (Å²) >= 11 is 0.972. The molecule has 11 heteroatoms. The Morgan fingerprint density at radius 1 is 1.21 bits per heavy atom. The van der Waals surface area contributed by atoms with E-state index >= 15 is 0 Å². The maximum atomic E-state index is 12.6. The quantitative estimate of drug-likeness (QED) is 0.483. The standard InChI is InChI=1S/C17H28F3N5O2S/c1-15(2,3)27-14(26)25-16(4,5)10-23-13(21-6)22-8-7-12-24-11(9-28-12)17(18,19)20/h9H,7-8,10H2,1-6H3,(H,25,26)(H2,21,22,23). The molecule has 0 bridgehead atoms. The Bertz CT molecular complexity index is 681. The fourth-order valence-corrected chi connectivity index (χ4v) is 2.80. The van der Waals surface area contributed by atoms with Crippen LogP contribution in [0, 0.1) is 0 Å². The van der Waals surface area contributed by atoms with Gasteiger partial charge in [-0.2, -0.15) is 13.2 Å². The monoisotopic (exact) mass is 423 g/mol. The van der Waals surface area contributed by atoms with E-state index in [0.29, 0.717) is 30.5 Å². The van der Waals surface area contributed by atoms with Gasteiger partial charge in [-0.3, -0.25) is 4.99 Å². The number of hydrogen-bond donors (Lipinski definition) is 3. The highest BCUT2D eigenvalue weighted by Gasteiger charge is 2.33.